The van der Waals surface area contributed by atoms with E-state index in [1.807, 2.05) is 18.6 Å². The number of sulfonamides is 1. The van der Waals surface area contributed by atoms with Gasteiger partial charge in [0.15, 0.2) is 5.03 Å². The van der Waals surface area contributed by atoms with E-state index in [9.17, 15) is 30.8 Å². The lowest BCUT2D eigenvalue weighted by Gasteiger charge is -2.35. The van der Waals surface area contributed by atoms with E-state index in [0.29, 0.717) is 6.61 Å². The van der Waals surface area contributed by atoms with Crippen LogP contribution in [0.2, 0.25) is 0 Å². The molecule has 1 aliphatic rings. The number of anilines is 1. The van der Waals surface area contributed by atoms with E-state index in [4.69, 9.17) is 4.74 Å². The molecule has 1 atom stereocenters. The summed E-state index contributed by atoms with van der Waals surface area (Å²) in [5.74, 6) is -3.09. The Kier molecular flexibility index (Phi) is 8.14. The Morgan fingerprint density at radius 1 is 1.26 bits per heavy atom. The topological polar surface area (TPSA) is 117 Å². The number of ether oxygens (including phenoxy) is 1. The normalized spacial score (nSPS) is 16.4. The number of aromatic amines is 1. The molecule has 0 bridgehead atoms. The van der Waals surface area contributed by atoms with E-state index in [1.54, 1.807) is 0 Å². The van der Waals surface area contributed by atoms with Crippen molar-refractivity contribution in [3.8, 4) is 17.0 Å². The zero-order valence-electron chi connectivity index (χ0n) is 21.1. The summed E-state index contributed by atoms with van der Waals surface area (Å²) in [4.78, 5) is 18.8. The first-order chi connectivity index (χ1) is 18.3. The van der Waals surface area contributed by atoms with Gasteiger partial charge in [0.25, 0.3) is 15.9 Å². The van der Waals surface area contributed by atoms with Gasteiger partial charge >= 0.3 is 6.18 Å². The zero-order chi connectivity index (χ0) is 28.4. The lowest BCUT2D eigenvalue weighted by atomic mass is 9.97. The monoisotopic (exact) mass is 573 g/mol. The number of piperidine rings is 1. The highest BCUT2D eigenvalue weighted by Gasteiger charge is 2.42. The molecule has 1 amide bonds. The van der Waals surface area contributed by atoms with E-state index in [1.165, 1.54) is 41.4 Å². The summed E-state index contributed by atoms with van der Waals surface area (Å²) >= 11 is 0. The second kappa shape index (κ2) is 11.2. The maximum absolute atomic E-state index is 14.4. The number of H-pyrrole nitrogens is 1. The molecule has 0 spiro atoms. The van der Waals surface area contributed by atoms with Crippen LogP contribution in [0.25, 0.3) is 11.3 Å². The van der Waals surface area contributed by atoms with Crippen LogP contribution in [-0.4, -0.2) is 55.4 Å². The molecule has 39 heavy (non-hydrogen) atoms. The lowest BCUT2D eigenvalue weighted by Crippen LogP contribution is -2.43. The second-order valence-electron chi connectivity index (χ2n) is 9.63. The Balaban J connectivity index is 0.00000294. The van der Waals surface area contributed by atoms with Crippen molar-refractivity contribution >= 4 is 21.7 Å². The molecule has 4 rings (SSSR count). The molecule has 0 radical (unpaired) electrons. The van der Waals surface area contributed by atoms with Crippen LogP contribution in [0, 0.1) is 17.7 Å². The first kappa shape index (κ1) is 28.3. The van der Waals surface area contributed by atoms with Crippen LogP contribution in [-0.2, 0) is 10.0 Å². The molecule has 0 aliphatic carbocycles. The number of halogens is 4. The number of hydrogen-bond acceptors (Lipinski definition) is 7. The van der Waals surface area contributed by atoms with Gasteiger partial charge in [-0.25, -0.2) is 14.1 Å². The largest absolute Gasteiger partial charge is 0.493 e. The number of carbonyl (C=O) groups is 1. The molecule has 1 aliphatic heterocycles. The summed E-state index contributed by atoms with van der Waals surface area (Å²) in [6.45, 7) is 3.87. The van der Waals surface area contributed by atoms with Crippen molar-refractivity contribution in [3.05, 3.63) is 54.0 Å². The predicted octanol–water partition coefficient (Wildman–Crippen LogP) is 5.04. The maximum atomic E-state index is 14.4. The second-order valence-corrected chi connectivity index (χ2v) is 11.3. The molecular weight excluding hydrogens is 542 g/mol. The van der Waals surface area contributed by atoms with Crippen LogP contribution in [0.15, 0.2) is 47.6 Å². The number of aromatic nitrogens is 3. The highest BCUT2D eigenvalue weighted by molar-refractivity contribution is 7.90. The van der Waals surface area contributed by atoms with Gasteiger partial charge in [-0.05, 0) is 49.1 Å². The molecule has 2 N–H and O–H groups in total. The van der Waals surface area contributed by atoms with Gasteiger partial charge in [0.2, 0.25) is 0 Å². The van der Waals surface area contributed by atoms with Gasteiger partial charge in [-0.15, -0.1) is 0 Å². The Hall–Kier alpha value is -3.68. The summed E-state index contributed by atoms with van der Waals surface area (Å²) < 4.78 is 87.8. The Labute approximate surface area is 225 Å². The summed E-state index contributed by atoms with van der Waals surface area (Å²) in [5.41, 5.74) is 0.190. The van der Waals surface area contributed by atoms with Crippen molar-refractivity contribution in [2.24, 2.45) is 11.8 Å². The SMILES string of the molecule is CC(C)COc1cc(F)cc(-c2ccc(C(=O)NS(=O)(=O)c3ccn[nH]3)c(N3CCCC(C(F)(F)F)C3)n2)c1.[HH].[HH]. The van der Waals surface area contributed by atoms with Gasteiger partial charge < -0.3 is 9.64 Å². The highest BCUT2D eigenvalue weighted by Crippen LogP contribution is 2.36. The lowest BCUT2D eigenvalue weighted by molar-refractivity contribution is -0.176. The zero-order valence-corrected chi connectivity index (χ0v) is 21.9. The smallest absolute Gasteiger partial charge is 0.393 e. The van der Waals surface area contributed by atoms with E-state index < -0.39 is 40.4 Å². The van der Waals surface area contributed by atoms with Gasteiger partial charge in [-0.3, -0.25) is 9.89 Å². The summed E-state index contributed by atoms with van der Waals surface area (Å²) in [6, 6.07) is 7.69. The predicted molar refractivity (Wildman–Crippen MR) is 138 cm³/mol. The van der Waals surface area contributed by atoms with Crippen LogP contribution < -0.4 is 14.4 Å². The van der Waals surface area contributed by atoms with Crippen molar-refractivity contribution in [2.75, 3.05) is 24.6 Å². The fraction of sp³-hybridized carbons (Fsp3) is 0.400. The fourth-order valence-electron chi connectivity index (χ4n) is 4.15. The molecule has 3 heterocycles. The molecule has 214 valence electrons. The third kappa shape index (κ3) is 6.85. The number of rotatable bonds is 8. The minimum absolute atomic E-state index is 0. The standard InChI is InChI=1S/C25H27F4N5O4S.2H2/c1-15(2)14-38-19-11-16(10-18(26)12-19)21-6-5-20(24(35)33-39(36,37)22-7-8-30-32-22)23(31-21)34-9-3-4-17(13-34)25(27,28)29;;/h5-8,10-12,15,17H,3-4,9,13-14H2,1-2H3,(H,30,32)(H,33,35);2*1H. The van der Waals surface area contributed by atoms with Crippen molar-refractivity contribution in [2.45, 2.75) is 37.9 Å². The van der Waals surface area contributed by atoms with E-state index in [2.05, 4.69) is 15.2 Å². The molecule has 2 aromatic heterocycles. The number of hydrogen-bond donors (Lipinski definition) is 2. The van der Waals surface area contributed by atoms with Crippen molar-refractivity contribution < 1.29 is 38.4 Å². The molecule has 1 aromatic carbocycles. The summed E-state index contributed by atoms with van der Waals surface area (Å²) in [5, 5.41) is 5.42. The van der Waals surface area contributed by atoms with E-state index >= 15 is 0 Å². The van der Waals surface area contributed by atoms with Gasteiger partial charge in [0.05, 0.1) is 30.0 Å². The first-order valence-electron chi connectivity index (χ1n) is 12.2. The number of carbonyl (C=O) groups excluding carboxylic acids is 1. The van der Waals surface area contributed by atoms with Crippen molar-refractivity contribution in [3.63, 3.8) is 0 Å². The van der Waals surface area contributed by atoms with Crippen molar-refractivity contribution in [1.82, 2.24) is 19.9 Å². The third-order valence-electron chi connectivity index (χ3n) is 6.05. The number of nitrogens with one attached hydrogen (secondary N) is 2. The average molecular weight is 574 g/mol. The average Bonchev–Trinajstić information content (AvgIpc) is 3.42. The quantitative estimate of drug-likeness (QED) is 0.363. The van der Waals surface area contributed by atoms with Gasteiger partial charge in [-0.1, -0.05) is 13.8 Å². The molecule has 14 heteroatoms. The first-order valence-corrected chi connectivity index (χ1v) is 13.6. The third-order valence-corrected chi connectivity index (χ3v) is 7.31. The molecule has 1 fully saturated rings. The van der Waals surface area contributed by atoms with Crippen LogP contribution >= 0.6 is 0 Å². The van der Waals surface area contributed by atoms with Crippen molar-refractivity contribution in [1.29, 1.82) is 0 Å². The van der Waals surface area contributed by atoms with Gasteiger partial charge in [-0.2, -0.15) is 26.7 Å². The molecule has 9 nitrogen and oxygen atoms in total. The van der Waals surface area contributed by atoms with E-state index in [-0.39, 0.29) is 61.6 Å². The summed E-state index contributed by atoms with van der Waals surface area (Å²) in [6.07, 6.45) is -3.19. The molecule has 0 saturated carbocycles. The van der Waals surface area contributed by atoms with E-state index in [0.717, 1.165) is 6.07 Å². The van der Waals surface area contributed by atoms with Crippen LogP contribution in [0.5, 0.6) is 5.75 Å². The molecular formula is C25H31F4N5O4S. The number of pyridine rings is 1. The van der Waals surface area contributed by atoms with Gasteiger partial charge in [0.1, 0.15) is 17.4 Å². The fourth-order valence-corrected chi connectivity index (χ4v) is 5.02. The number of amides is 1. The number of benzene rings is 1. The van der Waals surface area contributed by atoms with Crippen LogP contribution in [0.1, 0.15) is 39.9 Å². The molecule has 3 aromatic rings. The van der Waals surface area contributed by atoms with Crippen LogP contribution in [0.4, 0.5) is 23.4 Å². The number of alkyl halides is 3. The highest BCUT2D eigenvalue weighted by atomic mass is 32.2. The Morgan fingerprint density at radius 3 is 2.69 bits per heavy atom. The molecule has 1 unspecified atom stereocenters. The minimum atomic E-state index is -4.46. The summed E-state index contributed by atoms with van der Waals surface area (Å²) in [7, 11) is -4.34. The molecule has 1 saturated heterocycles. The van der Waals surface area contributed by atoms with Gasteiger partial charge in [0, 0.05) is 27.6 Å². The minimum Gasteiger partial charge on any atom is -0.493 e. The maximum Gasteiger partial charge on any atom is 0.393 e. The van der Waals surface area contributed by atoms with Crippen LogP contribution in [0.3, 0.4) is 0 Å². The Bertz CT molecular complexity index is 1440. The number of nitrogens with zero attached hydrogens (tertiary/aromatic N) is 3. The Morgan fingerprint density at radius 2 is 2.03 bits per heavy atom.